The van der Waals surface area contributed by atoms with Gasteiger partial charge in [0.1, 0.15) is 0 Å². The molecule has 2 aromatic rings. The van der Waals surface area contributed by atoms with Gasteiger partial charge in [0, 0.05) is 18.0 Å². The van der Waals surface area contributed by atoms with Crippen LogP contribution < -0.4 is 10.6 Å². The van der Waals surface area contributed by atoms with E-state index in [4.69, 9.17) is 0 Å². The third-order valence-electron chi connectivity index (χ3n) is 5.35. The lowest BCUT2D eigenvalue weighted by atomic mass is 9.97. The van der Waals surface area contributed by atoms with Crippen LogP contribution in [0.5, 0.6) is 0 Å². The van der Waals surface area contributed by atoms with Gasteiger partial charge in [-0.25, -0.2) is 4.98 Å². The number of aromatic nitrogens is 1. The summed E-state index contributed by atoms with van der Waals surface area (Å²) in [7, 11) is 0. The number of hydrogen-bond donors (Lipinski definition) is 2. The second kappa shape index (κ2) is 9.44. The molecule has 1 fully saturated rings. The summed E-state index contributed by atoms with van der Waals surface area (Å²) in [6.45, 7) is 0.686. The van der Waals surface area contributed by atoms with Crippen molar-refractivity contribution in [3.63, 3.8) is 0 Å². The first-order valence-corrected chi connectivity index (χ1v) is 11.5. The second-order valence-corrected chi connectivity index (χ2v) is 8.77. The van der Waals surface area contributed by atoms with E-state index in [0.717, 1.165) is 36.6 Å². The summed E-state index contributed by atoms with van der Waals surface area (Å²) in [6, 6.07) is 9.77. The van der Waals surface area contributed by atoms with Crippen LogP contribution in [0.15, 0.2) is 47.0 Å². The van der Waals surface area contributed by atoms with Crippen molar-refractivity contribution < 1.29 is 9.59 Å². The molecule has 2 amide bonds. The van der Waals surface area contributed by atoms with E-state index in [1.165, 1.54) is 36.6 Å². The Morgan fingerprint density at radius 2 is 2.03 bits per heavy atom. The van der Waals surface area contributed by atoms with E-state index in [-0.39, 0.29) is 11.8 Å². The van der Waals surface area contributed by atoms with E-state index < -0.39 is 0 Å². The Bertz CT molecular complexity index is 937. The van der Waals surface area contributed by atoms with E-state index in [1.807, 2.05) is 30.3 Å². The summed E-state index contributed by atoms with van der Waals surface area (Å²) in [5, 5.41) is 7.61. The first kappa shape index (κ1) is 20.0. The zero-order chi connectivity index (χ0) is 20.1. The van der Waals surface area contributed by atoms with Crippen LogP contribution in [0.2, 0.25) is 0 Å². The molecule has 2 aliphatic rings. The van der Waals surface area contributed by atoms with Gasteiger partial charge in [0.25, 0.3) is 5.91 Å². The maximum atomic E-state index is 12.7. The van der Waals surface area contributed by atoms with E-state index in [9.17, 15) is 9.59 Å². The highest BCUT2D eigenvalue weighted by molar-refractivity contribution is 7.99. The van der Waals surface area contributed by atoms with Crippen molar-refractivity contribution in [2.45, 2.75) is 56.0 Å². The number of fused-ring (bicyclic) bond motifs is 1. The molecule has 29 heavy (non-hydrogen) atoms. The van der Waals surface area contributed by atoms with Crippen LogP contribution in [0.3, 0.4) is 0 Å². The number of para-hydroxylation sites is 1. The summed E-state index contributed by atoms with van der Waals surface area (Å²) in [4.78, 5) is 29.5. The van der Waals surface area contributed by atoms with Gasteiger partial charge in [0.2, 0.25) is 5.91 Å². The highest BCUT2D eigenvalue weighted by Crippen LogP contribution is 2.26. The fraction of sp³-hybridized carbons (Fsp3) is 0.435. The van der Waals surface area contributed by atoms with Crippen molar-refractivity contribution >= 4 is 34.5 Å². The Morgan fingerprint density at radius 1 is 1.17 bits per heavy atom. The van der Waals surface area contributed by atoms with Crippen LogP contribution in [0.25, 0.3) is 10.9 Å². The average molecular weight is 410 g/mol. The lowest BCUT2D eigenvalue weighted by Crippen LogP contribution is -2.27. The number of nitrogens with one attached hydrogen (secondary N) is 2. The van der Waals surface area contributed by atoms with Gasteiger partial charge in [0.05, 0.1) is 21.9 Å². The van der Waals surface area contributed by atoms with E-state index >= 15 is 0 Å². The Balaban J connectivity index is 1.36. The number of thioether (sulfide) groups is 1. The molecule has 2 N–H and O–H groups in total. The van der Waals surface area contributed by atoms with Crippen LogP contribution in [0.4, 0.5) is 0 Å². The van der Waals surface area contributed by atoms with Crippen LogP contribution in [0.1, 0.15) is 55.3 Å². The largest absolute Gasteiger partial charge is 0.355 e. The minimum absolute atomic E-state index is 0.00495. The van der Waals surface area contributed by atoms with E-state index in [2.05, 4.69) is 21.7 Å². The van der Waals surface area contributed by atoms with Gasteiger partial charge in [-0.2, -0.15) is 0 Å². The molecule has 1 aromatic carbocycles. The molecule has 0 bridgehead atoms. The van der Waals surface area contributed by atoms with Gasteiger partial charge in [-0.1, -0.05) is 41.6 Å². The van der Waals surface area contributed by atoms with Crippen molar-refractivity contribution in [2.24, 2.45) is 0 Å². The number of amides is 2. The molecule has 4 rings (SSSR count). The number of hydrogen-bond acceptors (Lipinski definition) is 4. The Kier molecular flexibility index (Phi) is 6.49. The first-order chi connectivity index (χ1) is 14.2. The summed E-state index contributed by atoms with van der Waals surface area (Å²) >= 11 is 1.38. The lowest BCUT2D eigenvalue weighted by molar-refractivity contribution is -0.118. The molecule has 152 valence electrons. The maximum absolute atomic E-state index is 12.7. The van der Waals surface area contributed by atoms with Gasteiger partial charge in [-0.3, -0.25) is 9.59 Å². The molecule has 6 heteroatoms. The van der Waals surface area contributed by atoms with Crippen molar-refractivity contribution in [3.8, 4) is 0 Å². The molecular formula is C23H27N3O2S. The lowest BCUT2D eigenvalue weighted by Gasteiger charge is -2.13. The number of carbonyl (C=O) groups excluding carboxylic acids is 2. The Hall–Kier alpha value is -2.34. The molecule has 0 spiro atoms. The molecule has 0 saturated heterocycles. The molecule has 2 aliphatic carbocycles. The third-order valence-corrected chi connectivity index (χ3v) is 6.27. The number of nitrogens with zero attached hydrogens (tertiary/aromatic N) is 1. The fourth-order valence-corrected chi connectivity index (χ4v) is 4.33. The third kappa shape index (κ3) is 5.60. The normalized spacial score (nSPS) is 16.3. The summed E-state index contributed by atoms with van der Waals surface area (Å²) in [5.41, 5.74) is 2.88. The molecule has 1 heterocycles. The van der Waals surface area contributed by atoms with Crippen LogP contribution in [0, 0.1) is 0 Å². The Morgan fingerprint density at radius 3 is 2.83 bits per heavy atom. The number of benzene rings is 1. The smallest absolute Gasteiger partial charge is 0.252 e. The quantitative estimate of drug-likeness (QED) is 0.506. The van der Waals surface area contributed by atoms with Crippen LogP contribution >= 0.6 is 11.8 Å². The second-order valence-electron chi connectivity index (χ2n) is 7.77. The van der Waals surface area contributed by atoms with Crippen molar-refractivity contribution in [3.05, 3.63) is 47.5 Å². The number of carbonyl (C=O) groups is 2. The molecular weight excluding hydrogens is 382 g/mol. The molecule has 0 atom stereocenters. The molecule has 0 unspecified atom stereocenters. The molecule has 1 saturated carbocycles. The van der Waals surface area contributed by atoms with E-state index in [1.54, 1.807) is 0 Å². The van der Waals surface area contributed by atoms with Crippen molar-refractivity contribution in [1.29, 1.82) is 0 Å². The summed E-state index contributed by atoms with van der Waals surface area (Å²) in [6.07, 6.45) is 10.2. The van der Waals surface area contributed by atoms with Gasteiger partial charge in [0.15, 0.2) is 0 Å². The summed E-state index contributed by atoms with van der Waals surface area (Å²) < 4.78 is 0. The number of allylic oxidation sites excluding steroid dienone is 1. The summed E-state index contributed by atoms with van der Waals surface area (Å²) in [5.74, 6) is 0.247. The van der Waals surface area contributed by atoms with Crippen molar-refractivity contribution in [2.75, 3.05) is 12.3 Å². The average Bonchev–Trinajstić information content (AvgIpc) is 3.56. The number of rotatable bonds is 8. The standard InChI is InChI=1S/C23H27N3O2S/c27-21(24-13-12-16-6-2-1-3-7-16)15-29-22-14-19(23(28)25-17-10-11-17)18-8-4-5-9-20(18)26-22/h4-6,8-9,14,17H,1-3,7,10-13,15H2,(H,24,27)(H,25,28). The predicted molar refractivity (Wildman–Crippen MR) is 117 cm³/mol. The monoisotopic (exact) mass is 409 g/mol. The molecule has 0 aliphatic heterocycles. The van der Waals surface area contributed by atoms with Gasteiger partial charge in [-0.05, 0) is 57.1 Å². The van der Waals surface area contributed by atoms with E-state index in [0.29, 0.717) is 28.9 Å². The van der Waals surface area contributed by atoms with Gasteiger partial charge < -0.3 is 10.6 Å². The molecule has 5 nitrogen and oxygen atoms in total. The van der Waals surface area contributed by atoms with Gasteiger partial charge in [-0.15, -0.1) is 0 Å². The predicted octanol–water partition coefficient (Wildman–Crippen LogP) is 4.23. The highest BCUT2D eigenvalue weighted by atomic mass is 32.2. The zero-order valence-electron chi connectivity index (χ0n) is 16.6. The first-order valence-electron chi connectivity index (χ1n) is 10.5. The molecule has 1 aromatic heterocycles. The fourth-order valence-electron chi connectivity index (χ4n) is 3.59. The number of pyridine rings is 1. The topological polar surface area (TPSA) is 71.1 Å². The zero-order valence-corrected chi connectivity index (χ0v) is 17.4. The SMILES string of the molecule is O=C(CSc1cc(C(=O)NC2CC2)c2ccccc2n1)NCCC1=CCCCC1. The molecule has 0 radical (unpaired) electrons. The minimum atomic E-state index is -0.0573. The maximum Gasteiger partial charge on any atom is 0.252 e. The van der Waals surface area contributed by atoms with Crippen LogP contribution in [-0.4, -0.2) is 35.1 Å². The Labute approximate surface area is 175 Å². The van der Waals surface area contributed by atoms with Crippen molar-refractivity contribution in [1.82, 2.24) is 15.6 Å². The van der Waals surface area contributed by atoms with Crippen LogP contribution in [-0.2, 0) is 4.79 Å². The highest BCUT2D eigenvalue weighted by Gasteiger charge is 2.25. The minimum Gasteiger partial charge on any atom is -0.355 e. The van der Waals surface area contributed by atoms with Gasteiger partial charge >= 0.3 is 0 Å².